The lowest BCUT2D eigenvalue weighted by molar-refractivity contribution is -0.141. The Labute approximate surface area is 129 Å². The molecule has 0 fully saturated rings. The van der Waals surface area contributed by atoms with Crippen LogP contribution in [0, 0.1) is 0 Å². The van der Waals surface area contributed by atoms with Gasteiger partial charge in [-0.3, -0.25) is 4.79 Å². The van der Waals surface area contributed by atoms with Crippen molar-refractivity contribution in [2.45, 2.75) is 18.7 Å². The maximum absolute atomic E-state index is 11.7. The number of ether oxygens (including phenoxy) is 1. The van der Waals surface area contributed by atoms with E-state index in [0.29, 0.717) is 18.1 Å². The largest absolute Gasteiger partial charge is 0.465 e. The van der Waals surface area contributed by atoms with Crippen LogP contribution in [0.4, 0.5) is 5.69 Å². The average molecular weight is 312 g/mol. The first-order valence-electron chi connectivity index (χ1n) is 6.42. The number of anilines is 1. The van der Waals surface area contributed by atoms with Crippen molar-refractivity contribution in [1.82, 2.24) is 0 Å². The molecular weight excluding hydrogens is 292 g/mol. The number of likely N-dealkylation sites (N-methyl/N-ethyl adjacent to an activating group) is 1. The number of benzene rings is 1. The topological polar surface area (TPSA) is 55.6 Å². The van der Waals surface area contributed by atoms with Crippen LogP contribution in [0.1, 0.15) is 19.4 Å². The fourth-order valence-electron chi connectivity index (χ4n) is 1.93. The van der Waals surface area contributed by atoms with Crippen LogP contribution in [-0.2, 0) is 9.53 Å². The molecule has 1 rings (SSSR count). The minimum absolute atomic E-state index is 0.192. The van der Waals surface area contributed by atoms with Crippen molar-refractivity contribution in [3.63, 3.8) is 0 Å². The van der Waals surface area contributed by atoms with Crippen LogP contribution in [0.5, 0.6) is 0 Å². The quantitative estimate of drug-likeness (QED) is 0.474. The molecule has 0 aromatic heterocycles. The molecule has 1 aromatic rings. The lowest BCUT2D eigenvalue weighted by atomic mass is 10.1. The average Bonchev–Trinajstić information content (AvgIpc) is 2.44. The molecule has 0 atom stereocenters. The number of hydrogen-bond acceptors (Lipinski definition) is 5. The van der Waals surface area contributed by atoms with Crippen LogP contribution >= 0.6 is 24.0 Å². The van der Waals surface area contributed by atoms with Gasteiger partial charge in [0.1, 0.15) is 11.5 Å². The molecule has 0 saturated carbocycles. The number of nitrogens with zero attached hydrogens (tertiary/aromatic N) is 1. The van der Waals surface area contributed by atoms with Gasteiger partial charge >= 0.3 is 5.97 Å². The molecular formula is C14H20N2O2S2. The summed E-state index contributed by atoms with van der Waals surface area (Å²) in [6, 6.07) is 5.84. The van der Waals surface area contributed by atoms with Gasteiger partial charge < -0.3 is 15.4 Å². The highest BCUT2D eigenvalue weighted by atomic mass is 32.2. The number of thiocarbonyl (C=S) groups is 1. The summed E-state index contributed by atoms with van der Waals surface area (Å²) in [7, 11) is 0. The molecule has 0 amide bonds. The maximum atomic E-state index is 11.7. The molecule has 0 radical (unpaired) electrons. The molecule has 0 heterocycles. The van der Waals surface area contributed by atoms with Crippen molar-refractivity contribution in [3.8, 4) is 0 Å². The van der Waals surface area contributed by atoms with E-state index in [1.807, 2.05) is 36.3 Å². The standard InChI is InChI=1S/C14H20N2O2S2/c1-4-16(9-12(17)18-5-2)10-7-6-8-11(20-3)13(10)14(15)19/h6-8H,4-5,9H2,1-3H3,(H2,15,19). The van der Waals surface area contributed by atoms with Gasteiger partial charge in [0, 0.05) is 22.7 Å². The van der Waals surface area contributed by atoms with E-state index >= 15 is 0 Å². The zero-order valence-corrected chi connectivity index (χ0v) is 13.6. The van der Waals surface area contributed by atoms with Gasteiger partial charge in [-0.15, -0.1) is 11.8 Å². The molecule has 0 aliphatic carbocycles. The molecule has 0 aliphatic rings. The second-order valence-corrected chi connectivity index (χ2v) is 5.33. The first-order valence-corrected chi connectivity index (χ1v) is 8.05. The Hall–Kier alpha value is -1.27. The fraction of sp³-hybridized carbons (Fsp3) is 0.429. The van der Waals surface area contributed by atoms with Gasteiger partial charge in [0.2, 0.25) is 0 Å². The maximum Gasteiger partial charge on any atom is 0.325 e. The van der Waals surface area contributed by atoms with E-state index in [1.54, 1.807) is 18.7 Å². The van der Waals surface area contributed by atoms with Gasteiger partial charge in [-0.25, -0.2) is 0 Å². The van der Waals surface area contributed by atoms with Crippen molar-refractivity contribution in [2.24, 2.45) is 5.73 Å². The van der Waals surface area contributed by atoms with E-state index in [4.69, 9.17) is 22.7 Å². The number of rotatable bonds is 7. The second-order valence-electron chi connectivity index (χ2n) is 4.04. The van der Waals surface area contributed by atoms with E-state index in [0.717, 1.165) is 16.1 Å². The highest BCUT2D eigenvalue weighted by Gasteiger charge is 2.17. The van der Waals surface area contributed by atoms with Crippen molar-refractivity contribution < 1.29 is 9.53 Å². The van der Waals surface area contributed by atoms with Gasteiger partial charge in [0.25, 0.3) is 0 Å². The number of hydrogen-bond donors (Lipinski definition) is 1. The Balaban J connectivity index is 3.14. The molecule has 0 aliphatic heterocycles. The van der Waals surface area contributed by atoms with Crippen molar-refractivity contribution in [3.05, 3.63) is 23.8 Å². The summed E-state index contributed by atoms with van der Waals surface area (Å²) in [5, 5.41) is 0. The smallest absolute Gasteiger partial charge is 0.325 e. The fourth-order valence-corrected chi connectivity index (χ4v) is 2.84. The molecule has 0 bridgehead atoms. The predicted octanol–water partition coefficient (Wildman–Crippen LogP) is 2.43. The molecule has 4 nitrogen and oxygen atoms in total. The van der Waals surface area contributed by atoms with Gasteiger partial charge in [0.05, 0.1) is 6.61 Å². The lowest BCUT2D eigenvalue weighted by Gasteiger charge is -2.25. The van der Waals surface area contributed by atoms with E-state index < -0.39 is 0 Å². The highest BCUT2D eigenvalue weighted by molar-refractivity contribution is 7.98. The molecule has 1 aromatic carbocycles. The number of nitrogens with two attached hydrogens (primary N) is 1. The van der Waals surface area contributed by atoms with Crippen molar-refractivity contribution in [2.75, 3.05) is 30.9 Å². The molecule has 110 valence electrons. The lowest BCUT2D eigenvalue weighted by Crippen LogP contribution is -2.32. The Morgan fingerprint density at radius 1 is 1.45 bits per heavy atom. The number of carbonyl (C=O) groups excluding carboxylic acids is 1. The molecule has 0 unspecified atom stereocenters. The summed E-state index contributed by atoms with van der Waals surface area (Å²) in [4.78, 5) is 15.0. The minimum atomic E-state index is -0.252. The first-order chi connectivity index (χ1) is 9.54. The van der Waals surface area contributed by atoms with Crippen LogP contribution in [-0.4, -0.2) is 36.9 Å². The third kappa shape index (κ3) is 4.11. The van der Waals surface area contributed by atoms with Crippen molar-refractivity contribution >= 4 is 40.6 Å². The number of thioether (sulfide) groups is 1. The first kappa shape index (κ1) is 16.8. The van der Waals surface area contributed by atoms with E-state index in [-0.39, 0.29) is 12.5 Å². The number of esters is 1. The Morgan fingerprint density at radius 3 is 2.65 bits per heavy atom. The van der Waals surface area contributed by atoms with Gasteiger partial charge in [-0.05, 0) is 32.2 Å². The molecule has 20 heavy (non-hydrogen) atoms. The number of carbonyl (C=O) groups is 1. The van der Waals surface area contributed by atoms with Crippen LogP contribution < -0.4 is 10.6 Å². The Bertz CT molecular complexity index is 492. The minimum Gasteiger partial charge on any atom is -0.465 e. The molecule has 2 N–H and O–H groups in total. The van der Waals surface area contributed by atoms with E-state index in [2.05, 4.69) is 0 Å². The van der Waals surface area contributed by atoms with Crippen LogP contribution in [0.15, 0.2) is 23.1 Å². The third-order valence-electron chi connectivity index (χ3n) is 2.82. The SMILES string of the molecule is CCOC(=O)CN(CC)c1cccc(SC)c1C(N)=S. The Morgan fingerprint density at radius 2 is 2.15 bits per heavy atom. The summed E-state index contributed by atoms with van der Waals surface area (Å²) in [6.45, 7) is 5.02. The summed E-state index contributed by atoms with van der Waals surface area (Å²) >= 11 is 6.74. The van der Waals surface area contributed by atoms with Gasteiger partial charge in [-0.2, -0.15) is 0 Å². The van der Waals surface area contributed by atoms with Crippen LogP contribution in [0.2, 0.25) is 0 Å². The van der Waals surface area contributed by atoms with Crippen molar-refractivity contribution in [1.29, 1.82) is 0 Å². The Kier molecular flexibility index (Phi) is 6.81. The van der Waals surface area contributed by atoms with Gasteiger partial charge in [-0.1, -0.05) is 18.3 Å². The van der Waals surface area contributed by atoms with Gasteiger partial charge in [0.15, 0.2) is 0 Å². The highest BCUT2D eigenvalue weighted by Crippen LogP contribution is 2.29. The summed E-state index contributed by atoms with van der Waals surface area (Å²) in [6.07, 6.45) is 1.97. The van der Waals surface area contributed by atoms with E-state index in [9.17, 15) is 4.79 Å². The zero-order valence-electron chi connectivity index (χ0n) is 12.0. The summed E-state index contributed by atoms with van der Waals surface area (Å²) < 4.78 is 5.00. The second kappa shape index (κ2) is 8.11. The van der Waals surface area contributed by atoms with Crippen LogP contribution in [0.25, 0.3) is 0 Å². The zero-order chi connectivity index (χ0) is 15.1. The molecule has 0 spiro atoms. The molecule has 0 saturated heterocycles. The summed E-state index contributed by atoms with van der Waals surface area (Å²) in [5.41, 5.74) is 7.54. The predicted molar refractivity (Wildman–Crippen MR) is 88.6 cm³/mol. The third-order valence-corrected chi connectivity index (χ3v) is 3.80. The molecule has 6 heteroatoms. The monoisotopic (exact) mass is 312 g/mol. The summed E-state index contributed by atoms with van der Waals surface area (Å²) in [5.74, 6) is -0.252. The van der Waals surface area contributed by atoms with Crippen LogP contribution in [0.3, 0.4) is 0 Å². The normalized spacial score (nSPS) is 10.2. The van der Waals surface area contributed by atoms with E-state index in [1.165, 1.54) is 0 Å².